The predicted octanol–water partition coefficient (Wildman–Crippen LogP) is 0.975. The van der Waals surface area contributed by atoms with Crippen LogP contribution in [0.3, 0.4) is 0 Å². The second kappa shape index (κ2) is 9.27. The van der Waals surface area contributed by atoms with Gasteiger partial charge >= 0.3 is 0 Å². The Kier molecular flexibility index (Phi) is 9.52. The maximum absolute atomic E-state index is 4.92. The fourth-order valence-corrected chi connectivity index (χ4v) is 1.46. The molecule has 0 heterocycles. The van der Waals surface area contributed by atoms with E-state index >= 15 is 0 Å². The van der Waals surface area contributed by atoms with Crippen LogP contribution in [0.25, 0.3) is 0 Å². The number of methoxy groups -OCH3 is 1. The van der Waals surface area contributed by atoms with Gasteiger partial charge in [0.15, 0.2) is 0 Å². The number of rotatable bonds is 7. The lowest BCUT2D eigenvalue weighted by Gasteiger charge is -1.99. The Labute approximate surface area is 67.7 Å². The lowest BCUT2D eigenvalue weighted by molar-refractivity contribution is 0.200. The van der Waals surface area contributed by atoms with Crippen molar-refractivity contribution in [2.24, 2.45) is 0 Å². The highest BCUT2D eigenvalue weighted by Gasteiger charge is 1.87. The van der Waals surface area contributed by atoms with Gasteiger partial charge in [0.2, 0.25) is 0 Å². The van der Waals surface area contributed by atoms with Gasteiger partial charge in [-0.2, -0.15) is 11.8 Å². The van der Waals surface area contributed by atoms with E-state index in [4.69, 9.17) is 4.74 Å². The number of thioether (sulfide) groups is 1. The Morgan fingerprint density at radius 2 is 2.20 bits per heavy atom. The van der Waals surface area contributed by atoms with Gasteiger partial charge < -0.3 is 10.1 Å². The van der Waals surface area contributed by atoms with E-state index in [-0.39, 0.29) is 0 Å². The zero-order chi connectivity index (χ0) is 7.66. The van der Waals surface area contributed by atoms with Gasteiger partial charge in [-0.05, 0) is 19.2 Å². The van der Waals surface area contributed by atoms with E-state index in [1.807, 2.05) is 18.8 Å². The normalized spacial score (nSPS) is 10.2. The third-order valence-electron chi connectivity index (χ3n) is 1.13. The van der Waals surface area contributed by atoms with E-state index in [1.165, 1.54) is 17.9 Å². The molecule has 0 atom stereocenters. The minimum Gasteiger partial charge on any atom is -0.385 e. The molecule has 0 saturated heterocycles. The molecule has 0 fully saturated rings. The molecule has 1 N–H and O–H groups in total. The first-order valence-corrected chi connectivity index (χ1v) is 4.78. The van der Waals surface area contributed by atoms with Gasteiger partial charge in [0.1, 0.15) is 0 Å². The lowest BCUT2D eigenvalue weighted by Crippen LogP contribution is -2.10. The first-order valence-electron chi connectivity index (χ1n) is 3.63. The molecule has 0 saturated carbocycles. The van der Waals surface area contributed by atoms with Crippen LogP contribution in [0, 0.1) is 0 Å². The molecule has 62 valence electrons. The average Bonchev–Trinajstić information content (AvgIpc) is 1.97. The van der Waals surface area contributed by atoms with Crippen LogP contribution in [0.5, 0.6) is 0 Å². The number of ether oxygens (including phenoxy) is 1. The molecular formula is C7H17NOS. The van der Waals surface area contributed by atoms with Crippen LogP contribution in [-0.4, -0.2) is 38.8 Å². The second-order valence-electron chi connectivity index (χ2n) is 2.06. The largest absolute Gasteiger partial charge is 0.385 e. The standard InChI is InChI=1S/C7H17NOS/c1-8-4-7-10-6-3-5-9-2/h8H,3-7H2,1-2H3. The predicted molar refractivity (Wildman–Crippen MR) is 47.7 cm³/mol. The molecule has 0 aromatic heterocycles. The summed E-state index contributed by atoms with van der Waals surface area (Å²) in [5.74, 6) is 2.43. The summed E-state index contributed by atoms with van der Waals surface area (Å²) in [5.41, 5.74) is 0. The van der Waals surface area contributed by atoms with Crippen molar-refractivity contribution in [1.29, 1.82) is 0 Å². The molecule has 0 amide bonds. The maximum atomic E-state index is 4.92. The highest BCUT2D eigenvalue weighted by molar-refractivity contribution is 7.99. The van der Waals surface area contributed by atoms with Crippen molar-refractivity contribution in [3.05, 3.63) is 0 Å². The fraction of sp³-hybridized carbons (Fsp3) is 1.00. The van der Waals surface area contributed by atoms with Crippen molar-refractivity contribution in [2.75, 3.05) is 38.8 Å². The van der Waals surface area contributed by atoms with Crippen LogP contribution in [0.1, 0.15) is 6.42 Å². The van der Waals surface area contributed by atoms with Crippen LogP contribution >= 0.6 is 11.8 Å². The highest BCUT2D eigenvalue weighted by atomic mass is 32.2. The van der Waals surface area contributed by atoms with Gasteiger partial charge in [-0.25, -0.2) is 0 Å². The Balaban J connectivity index is 2.65. The minimum atomic E-state index is 0.895. The molecule has 2 nitrogen and oxygen atoms in total. The molecule has 0 bridgehead atoms. The van der Waals surface area contributed by atoms with E-state index in [0.717, 1.165) is 13.2 Å². The van der Waals surface area contributed by atoms with Gasteiger partial charge in [0.05, 0.1) is 0 Å². The summed E-state index contributed by atoms with van der Waals surface area (Å²) in [6.07, 6.45) is 1.17. The topological polar surface area (TPSA) is 21.3 Å². The third kappa shape index (κ3) is 8.27. The smallest absolute Gasteiger partial charge is 0.0470 e. The van der Waals surface area contributed by atoms with Crippen molar-refractivity contribution in [2.45, 2.75) is 6.42 Å². The molecule has 0 spiro atoms. The molecule has 0 aromatic carbocycles. The summed E-state index contributed by atoms with van der Waals surface area (Å²) in [6.45, 7) is 2.00. The first-order chi connectivity index (χ1) is 4.91. The summed E-state index contributed by atoms with van der Waals surface area (Å²) >= 11 is 1.98. The molecule has 0 aliphatic rings. The molecule has 0 unspecified atom stereocenters. The summed E-state index contributed by atoms with van der Waals surface area (Å²) in [5, 5.41) is 3.11. The van der Waals surface area contributed by atoms with E-state index in [9.17, 15) is 0 Å². The third-order valence-corrected chi connectivity index (χ3v) is 2.20. The van der Waals surface area contributed by atoms with Crippen LogP contribution in [0.2, 0.25) is 0 Å². The molecular weight excluding hydrogens is 146 g/mol. The number of hydrogen-bond acceptors (Lipinski definition) is 3. The van der Waals surface area contributed by atoms with Gasteiger partial charge in [-0.15, -0.1) is 0 Å². The Morgan fingerprint density at radius 3 is 2.80 bits per heavy atom. The Hall–Kier alpha value is 0.270. The van der Waals surface area contributed by atoms with E-state index in [0.29, 0.717) is 0 Å². The van der Waals surface area contributed by atoms with Gasteiger partial charge in [-0.1, -0.05) is 0 Å². The number of nitrogens with one attached hydrogen (secondary N) is 1. The second-order valence-corrected chi connectivity index (χ2v) is 3.29. The van der Waals surface area contributed by atoms with Gasteiger partial charge in [0, 0.05) is 26.0 Å². The van der Waals surface area contributed by atoms with E-state index in [2.05, 4.69) is 5.32 Å². The van der Waals surface area contributed by atoms with Crippen LogP contribution in [0.15, 0.2) is 0 Å². The zero-order valence-corrected chi connectivity index (χ0v) is 7.67. The van der Waals surface area contributed by atoms with Crippen LogP contribution in [0.4, 0.5) is 0 Å². The first kappa shape index (κ1) is 10.3. The lowest BCUT2D eigenvalue weighted by atomic mass is 10.5. The monoisotopic (exact) mass is 163 g/mol. The van der Waals surface area contributed by atoms with Crippen LogP contribution < -0.4 is 5.32 Å². The van der Waals surface area contributed by atoms with Crippen molar-refractivity contribution in [3.8, 4) is 0 Å². The molecule has 3 heteroatoms. The SMILES string of the molecule is CNCCSCCCOC. The molecule has 0 radical (unpaired) electrons. The Bertz CT molecular complexity index is 53.6. The highest BCUT2D eigenvalue weighted by Crippen LogP contribution is 2.00. The summed E-state index contributed by atoms with van der Waals surface area (Å²) in [6, 6.07) is 0. The van der Waals surface area contributed by atoms with Gasteiger partial charge in [-0.3, -0.25) is 0 Å². The number of hydrogen-bond donors (Lipinski definition) is 1. The van der Waals surface area contributed by atoms with Crippen molar-refractivity contribution >= 4 is 11.8 Å². The summed E-state index contributed by atoms with van der Waals surface area (Å²) in [4.78, 5) is 0. The fourth-order valence-electron chi connectivity index (χ4n) is 0.582. The van der Waals surface area contributed by atoms with Crippen molar-refractivity contribution in [3.63, 3.8) is 0 Å². The minimum absolute atomic E-state index is 0.895. The van der Waals surface area contributed by atoms with E-state index < -0.39 is 0 Å². The summed E-state index contributed by atoms with van der Waals surface area (Å²) < 4.78 is 4.92. The Morgan fingerprint density at radius 1 is 1.40 bits per heavy atom. The van der Waals surface area contributed by atoms with Gasteiger partial charge in [0.25, 0.3) is 0 Å². The van der Waals surface area contributed by atoms with Crippen molar-refractivity contribution in [1.82, 2.24) is 5.32 Å². The molecule has 0 aromatic rings. The van der Waals surface area contributed by atoms with Crippen molar-refractivity contribution < 1.29 is 4.74 Å². The molecule has 0 aliphatic heterocycles. The molecule has 10 heavy (non-hydrogen) atoms. The molecule has 0 rings (SSSR count). The van der Waals surface area contributed by atoms with Crippen LogP contribution in [-0.2, 0) is 4.74 Å². The molecule has 0 aliphatic carbocycles. The van der Waals surface area contributed by atoms with E-state index in [1.54, 1.807) is 7.11 Å². The average molecular weight is 163 g/mol. The quantitative estimate of drug-likeness (QED) is 0.565. The maximum Gasteiger partial charge on any atom is 0.0470 e. The summed E-state index contributed by atoms with van der Waals surface area (Å²) in [7, 11) is 3.73. The zero-order valence-electron chi connectivity index (χ0n) is 6.85.